The van der Waals surface area contributed by atoms with Gasteiger partial charge in [0.25, 0.3) is 5.91 Å². The van der Waals surface area contributed by atoms with E-state index >= 15 is 0 Å². The summed E-state index contributed by atoms with van der Waals surface area (Å²) >= 11 is 6.16. The molecule has 2 aromatic rings. The van der Waals surface area contributed by atoms with Gasteiger partial charge in [-0.2, -0.15) is 0 Å². The molecule has 5 heteroatoms. The zero-order valence-corrected chi connectivity index (χ0v) is 12.8. The van der Waals surface area contributed by atoms with Gasteiger partial charge in [-0.05, 0) is 26.8 Å². The average molecular weight is 303 g/mol. The van der Waals surface area contributed by atoms with Crippen molar-refractivity contribution in [3.05, 3.63) is 40.6 Å². The first-order valence-electron chi connectivity index (χ1n) is 6.37. The van der Waals surface area contributed by atoms with Crippen molar-refractivity contribution in [1.82, 2.24) is 10.5 Å². The van der Waals surface area contributed by atoms with Gasteiger partial charge in [0.2, 0.25) is 0 Å². The lowest BCUT2D eigenvalue weighted by molar-refractivity contribution is 0.0929. The van der Waals surface area contributed by atoms with E-state index in [0.29, 0.717) is 27.6 Å². The van der Waals surface area contributed by atoms with Crippen LogP contribution in [0.3, 0.4) is 0 Å². The van der Waals surface area contributed by atoms with Crippen LogP contribution in [0.4, 0.5) is 0 Å². The van der Waals surface area contributed by atoms with Crippen LogP contribution in [0.25, 0.3) is 11.3 Å². The summed E-state index contributed by atoms with van der Waals surface area (Å²) in [4.78, 5) is 12.5. The molecule has 1 heterocycles. The van der Waals surface area contributed by atoms with E-state index in [2.05, 4.69) is 16.4 Å². The topological polar surface area (TPSA) is 55.1 Å². The third-order valence-corrected chi connectivity index (χ3v) is 3.34. The molecule has 0 aliphatic carbocycles. The minimum absolute atomic E-state index is 0.339. The predicted molar refractivity (Wildman–Crippen MR) is 82.1 cm³/mol. The molecule has 0 radical (unpaired) electrons. The molecule has 1 amide bonds. The van der Waals surface area contributed by atoms with Gasteiger partial charge in [-0.3, -0.25) is 4.79 Å². The van der Waals surface area contributed by atoms with Crippen molar-refractivity contribution in [3.63, 3.8) is 0 Å². The van der Waals surface area contributed by atoms with Crippen LogP contribution in [0.15, 0.2) is 28.8 Å². The number of aromatic nitrogens is 1. The summed E-state index contributed by atoms with van der Waals surface area (Å²) < 4.78 is 5.15. The van der Waals surface area contributed by atoms with Crippen LogP contribution in [0.5, 0.6) is 0 Å². The molecular formula is C16H15ClN2O2. The molecule has 4 nitrogen and oxygen atoms in total. The maximum atomic E-state index is 12.5. The van der Waals surface area contributed by atoms with Gasteiger partial charge in [0.1, 0.15) is 17.0 Å². The van der Waals surface area contributed by atoms with Crippen LogP contribution in [0.2, 0.25) is 5.02 Å². The largest absolute Gasteiger partial charge is 0.360 e. The smallest absolute Gasteiger partial charge is 0.258 e. The molecule has 0 bridgehead atoms. The summed E-state index contributed by atoms with van der Waals surface area (Å²) in [5.74, 6) is 2.59. The van der Waals surface area contributed by atoms with Crippen molar-refractivity contribution in [3.8, 4) is 23.6 Å². The number of hydrogen-bond donors (Lipinski definition) is 1. The van der Waals surface area contributed by atoms with Gasteiger partial charge in [0.05, 0.1) is 10.6 Å². The van der Waals surface area contributed by atoms with Gasteiger partial charge in [-0.15, -0.1) is 6.42 Å². The number of carbonyl (C=O) groups is 1. The van der Waals surface area contributed by atoms with Crippen molar-refractivity contribution >= 4 is 17.5 Å². The highest BCUT2D eigenvalue weighted by atomic mass is 35.5. The second kappa shape index (κ2) is 5.63. The Morgan fingerprint density at radius 3 is 2.71 bits per heavy atom. The fraction of sp³-hybridized carbons (Fsp3) is 0.250. The van der Waals surface area contributed by atoms with Gasteiger partial charge in [0.15, 0.2) is 0 Å². The van der Waals surface area contributed by atoms with E-state index in [1.54, 1.807) is 39.0 Å². The zero-order valence-electron chi connectivity index (χ0n) is 12.0. The predicted octanol–water partition coefficient (Wildman–Crippen LogP) is 3.45. The molecule has 0 unspecified atom stereocenters. The number of terminal acetylenes is 1. The van der Waals surface area contributed by atoms with Gasteiger partial charge in [-0.25, -0.2) is 0 Å². The number of aryl methyl sites for hydroxylation is 1. The van der Waals surface area contributed by atoms with E-state index < -0.39 is 5.54 Å². The number of carbonyl (C=O) groups excluding carboxylic acids is 1. The van der Waals surface area contributed by atoms with Crippen LogP contribution in [0.1, 0.15) is 30.0 Å². The van der Waals surface area contributed by atoms with E-state index in [0.717, 1.165) is 0 Å². The average Bonchev–Trinajstić information content (AvgIpc) is 2.80. The number of halogens is 1. The Morgan fingerprint density at radius 2 is 2.10 bits per heavy atom. The minimum Gasteiger partial charge on any atom is -0.360 e. The van der Waals surface area contributed by atoms with Crippen LogP contribution >= 0.6 is 11.6 Å². The number of hydrogen-bond acceptors (Lipinski definition) is 3. The van der Waals surface area contributed by atoms with E-state index in [1.165, 1.54) is 0 Å². The Bertz CT molecular complexity index is 726. The molecular weight excluding hydrogens is 288 g/mol. The SMILES string of the molecule is C#CC(C)(C)NC(=O)c1c(-c2ccccc2Cl)noc1C. The zero-order chi connectivity index (χ0) is 15.6. The Morgan fingerprint density at radius 1 is 1.43 bits per heavy atom. The molecule has 1 N–H and O–H groups in total. The van der Waals surface area contributed by atoms with Gasteiger partial charge >= 0.3 is 0 Å². The van der Waals surface area contributed by atoms with Crippen LogP contribution < -0.4 is 5.32 Å². The molecule has 0 saturated heterocycles. The first kappa shape index (κ1) is 15.1. The Balaban J connectivity index is 2.47. The molecule has 0 aliphatic heterocycles. The minimum atomic E-state index is -0.765. The summed E-state index contributed by atoms with van der Waals surface area (Å²) in [7, 11) is 0. The summed E-state index contributed by atoms with van der Waals surface area (Å²) in [5.41, 5.74) is 0.618. The summed E-state index contributed by atoms with van der Waals surface area (Å²) in [6.07, 6.45) is 5.39. The van der Waals surface area contributed by atoms with Crippen molar-refractivity contribution in [2.24, 2.45) is 0 Å². The van der Waals surface area contributed by atoms with E-state index in [4.69, 9.17) is 22.5 Å². The van der Waals surface area contributed by atoms with Crippen LogP contribution in [-0.2, 0) is 0 Å². The summed E-state index contributed by atoms with van der Waals surface area (Å²) in [5, 5.41) is 7.21. The second-order valence-corrected chi connectivity index (χ2v) is 5.57. The quantitative estimate of drug-likeness (QED) is 0.884. The monoisotopic (exact) mass is 302 g/mol. The normalized spacial score (nSPS) is 11.0. The molecule has 1 aromatic heterocycles. The Hall–Kier alpha value is -2.25. The summed E-state index contributed by atoms with van der Waals surface area (Å²) in [6, 6.07) is 7.13. The molecule has 0 saturated carbocycles. The lowest BCUT2D eigenvalue weighted by atomic mass is 10.0. The molecule has 1 aromatic carbocycles. The standard InChI is InChI=1S/C16H15ClN2O2/c1-5-16(3,4)18-15(20)13-10(2)21-19-14(13)11-8-6-7-9-12(11)17/h1,6-9H,2-4H3,(H,18,20). The van der Waals surface area contributed by atoms with Crippen molar-refractivity contribution < 1.29 is 9.32 Å². The van der Waals surface area contributed by atoms with Crippen molar-refractivity contribution in [1.29, 1.82) is 0 Å². The number of benzene rings is 1. The molecule has 0 aliphatic rings. The molecule has 2 rings (SSSR count). The molecule has 0 spiro atoms. The van der Waals surface area contributed by atoms with Gasteiger partial charge < -0.3 is 9.84 Å². The van der Waals surface area contributed by atoms with Gasteiger partial charge in [0, 0.05) is 5.56 Å². The van der Waals surface area contributed by atoms with E-state index in [1.807, 2.05) is 6.07 Å². The summed E-state index contributed by atoms with van der Waals surface area (Å²) in [6.45, 7) is 5.15. The lowest BCUT2D eigenvalue weighted by Gasteiger charge is -2.19. The first-order chi connectivity index (χ1) is 9.85. The number of nitrogens with one attached hydrogen (secondary N) is 1. The third-order valence-electron chi connectivity index (χ3n) is 3.01. The second-order valence-electron chi connectivity index (χ2n) is 5.17. The molecule has 0 fully saturated rings. The van der Waals surface area contributed by atoms with Crippen molar-refractivity contribution in [2.75, 3.05) is 0 Å². The highest BCUT2D eigenvalue weighted by molar-refractivity contribution is 6.33. The van der Waals surface area contributed by atoms with Crippen LogP contribution in [-0.4, -0.2) is 16.6 Å². The van der Waals surface area contributed by atoms with E-state index in [-0.39, 0.29) is 5.91 Å². The van der Waals surface area contributed by atoms with E-state index in [9.17, 15) is 4.79 Å². The Labute approximate surface area is 128 Å². The number of rotatable bonds is 3. The first-order valence-corrected chi connectivity index (χ1v) is 6.75. The molecule has 108 valence electrons. The van der Waals surface area contributed by atoms with Gasteiger partial charge in [-0.1, -0.05) is 40.9 Å². The number of amides is 1. The third kappa shape index (κ3) is 3.09. The lowest BCUT2D eigenvalue weighted by Crippen LogP contribution is -2.42. The fourth-order valence-corrected chi connectivity index (χ4v) is 2.08. The fourth-order valence-electron chi connectivity index (χ4n) is 1.86. The maximum absolute atomic E-state index is 12.5. The molecule has 0 atom stereocenters. The highest BCUT2D eigenvalue weighted by Crippen LogP contribution is 2.31. The maximum Gasteiger partial charge on any atom is 0.258 e. The number of nitrogens with zero attached hydrogens (tertiary/aromatic N) is 1. The molecule has 21 heavy (non-hydrogen) atoms. The van der Waals surface area contributed by atoms with Crippen molar-refractivity contribution in [2.45, 2.75) is 26.3 Å². The Kier molecular flexibility index (Phi) is 4.06. The van der Waals surface area contributed by atoms with Crippen LogP contribution in [0, 0.1) is 19.3 Å². The highest BCUT2D eigenvalue weighted by Gasteiger charge is 2.26.